The predicted octanol–water partition coefficient (Wildman–Crippen LogP) is 4.22. The molecule has 2 heterocycles. The number of halogens is 1. The number of benzene rings is 2. The molecule has 1 N–H and O–H groups in total. The van der Waals surface area contributed by atoms with Gasteiger partial charge in [0.15, 0.2) is 11.5 Å². The van der Waals surface area contributed by atoms with Crippen LogP contribution in [0.4, 0.5) is 11.7 Å². The molecular weight excluding hydrogens is 460 g/mol. The summed E-state index contributed by atoms with van der Waals surface area (Å²) < 4.78 is 16.8. The van der Waals surface area contributed by atoms with E-state index in [0.29, 0.717) is 42.2 Å². The fourth-order valence-electron chi connectivity index (χ4n) is 3.75. The van der Waals surface area contributed by atoms with Gasteiger partial charge in [0.2, 0.25) is 17.7 Å². The third-order valence-electron chi connectivity index (χ3n) is 5.27. The van der Waals surface area contributed by atoms with Gasteiger partial charge in [0.05, 0.1) is 25.6 Å². The minimum atomic E-state index is -0.313. The molecule has 1 aliphatic rings. The van der Waals surface area contributed by atoms with Crippen molar-refractivity contribution in [1.29, 1.82) is 0 Å². The van der Waals surface area contributed by atoms with Gasteiger partial charge in [-0.15, -0.1) is 5.10 Å². The number of carbonyl (C=O) groups is 2. The highest BCUT2D eigenvalue weighted by molar-refractivity contribution is 6.30. The number of hydrogen-bond donors (Lipinski definition) is 1. The van der Waals surface area contributed by atoms with Crippen molar-refractivity contribution in [1.82, 2.24) is 10.2 Å². The van der Waals surface area contributed by atoms with Crippen LogP contribution in [0.25, 0.3) is 0 Å². The number of rotatable bonds is 9. The Morgan fingerprint density at radius 1 is 1.12 bits per heavy atom. The monoisotopic (exact) mass is 484 g/mol. The van der Waals surface area contributed by atoms with Gasteiger partial charge in [-0.2, -0.15) is 0 Å². The molecule has 0 spiro atoms. The van der Waals surface area contributed by atoms with Gasteiger partial charge in [-0.05, 0) is 55.8 Å². The molecule has 2 amide bonds. The maximum Gasteiger partial charge on any atom is 0.322 e. The summed E-state index contributed by atoms with van der Waals surface area (Å²) in [6.07, 6.45) is 0.334. The van der Waals surface area contributed by atoms with E-state index in [1.165, 1.54) is 0 Å². The fourth-order valence-corrected chi connectivity index (χ4v) is 3.87. The molecule has 4 rings (SSSR count). The van der Waals surface area contributed by atoms with E-state index in [4.69, 9.17) is 25.5 Å². The fraction of sp³-hybridized carbons (Fsp3) is 0.333. The number of ether oxygens (including phenoxy) is 2. The first-order valence-corrected chi connectivity index (χ1v) is 11.4. The van der Waals surface area contributed by atoms with E-state index in [2.05, 4.69) is 15.5 Å². The van der Waals surface area contributed by atoms with E-state index in [1.807, 2.05) is 19.9 Å². The topological polar surface area (TPSA) is 107 Å². The summed E-state index contributed by atoms with van der Waals surface area (Å²) in [4.78, 5) is 26.7. The van der Waals surface area contributed by atoms with Crippen LogP contribution >= 0.6 is 11.6 Å². The number of nitrogens with one attached hydrogen (secondary N) is 1. The molecule has 34 heavy (non-hydrogen) atoms. The number of anilines is 2. The Kier molecular flexibility index (Phi) is 7.32. The smallest absolute Gasteiger partial charge is 0.322 e. The molecule has 10 heteroatoms. The quantitative estimate of drug-likeness (QED) is 0.484. The first kappa shape index (κ1) is 23.6. The average Bonchev–Trinajstić information content (AvgIpc) is 3.43. The molecule has 0 saturated carbocycles. The molecule has 1 aromatic heterocycles. The largest absolute Gasteiger partial charge is 0.490 e. The highest BCUT2D eigenvalue weighted by Crippen LogP contribution is 2.32. The molecule has 1 fully saturated rings. The number of hydrogen-bond acceptors (Lipinski definition) is 7. The van der Waals surface area contributed by atoms with Crippen LogP contribution < -0.4 is 19.7 Å². The molecule has 0 unspecified atom stereocenters. The average molecular weight is 485 g/mol. The number of carbonyl (C=O) groups excluding carboxylic acids is 2. The van der Waals surface area contributed by atoms with E-state index in [0.717, 1.165) is 11.3 Å². The lowest BCUT2D eigenvalue weighted by Gasteiger charge is -2.16. The Bertz CT molecular complexity index is 1160. The molecule has 0 bridgehead atoms. The summed E-state index contributed by atoms with van der Waals surface area (Å²) >= 11 is 5.93. The summed E-state index contributed by atoms with van der Waals surface area (Å²) in [5, 5.41) is 11.2. The van der Waals surface area contributed by atoms with E-state index in [-0.39, 0.29) is 36.6 Å². The van der Waals surface area contributed by atoms with Crippen molar-refractivity contribution in [3.8, 4) is 11.5 Å². The van der Waals surface area contributed by atoms with Crippen LogP contribution in [0.2, 0.25) is 5.02 Å². The molecule has 178 valence electrons. The molecule has 2 aromatic carbocycles. The third-order valence-corrected chi connectivity index (χ3v) is 5.52. The van der Waals surface area contributed by atoms with Gasteiger partial charge in [-0.3, -0.25) is 14.9 Å². The maximum absolute atomic E-state index is 12.5. The van der Waals surface area contributed by atoms with Gasteiger partial charge in [-0.1, -0.05) is 22.8 Å². The van der Waals surface area contributed by atoms with Crippen LogP contribution in [0.3, 0.4) is 0 Å². The second-order valence-electron chi connectivity index (χ2n) is 7.70. The summed E-state index contributed by atoms with van der Waals surface area (Å²) in [5.41, 5.74) is 1.51. The maximum atomic E-state index is 12.5. The predicted molar refractivity (Wildman–Crippen MR) is 127 cm³/mol. The Balaban J connectivity index is 1.37. The van der Waals surface area contributed by atoms with Gasteiger partial charge in [0, 0.05) is 23.7 Å². The molecular formula is C24H25ClN4O5. The van der Waals surface area contributed by atoms with Crippen molar-refractivity contribution < 1.29 is 23.5 Å². The van der Waals surface area contributed by atoms with Crippen LogP contribution in [-0.2, 0) is 16.0 Å². The van der Waals surface area contributed by atoms with Crippen LogP contribution in [-0.4, -0.2) is 41.8 Å². The van der Waals surface area contributed by atoms with Crippen molar-refractivity contribution in [3.05, 3.63) is 58.9 Å². The standard InChI is InChI=1S/C24H25ClN4O5/c1-3-32-19-10-5-15(11-20(19)33-4-2)12-21(30)26-24-28-27-23(34-24)16-13-22(31)29(14-16)18-8-6-17(25)7-9-18/h5-11,16H,3-4,12-14H2,1-2H3,(H,26,28,30)/t16-/m0/s1. The SMILES string of the molecule is CCOc1ccc(CC(=O)Nc2nnc([C@H]3CC(=O)N(c4ccc(Cl)cc4)C3)o2)cc1OCC. The zero-order valence-electron chi connectivity index (χ0n) is 18.9. The lowest BCUT2D eigenvalue weighted by Crippen LogP contribution is -2.24. The molecule has 9 nitrogen and oxygen atoms in total. The minimum Gasteiger partial charge on any atom is -0.490 e. The first-order chi connectivity index (χ1) is 16.5. The van der Waals surface area contributed by atoms with Crippen molar-refractivity contribution >= 4 is 35.1 Å². The van der Waals surface area contributed by atoms with E-state index in [1.54, 1.807) is 41.3 Å². The van der Waals surface area contributed by atoms with Gasteiger partial charge in [0.25, 0.3) is 0 Å². The van der Waals surface area contributed by atoms with Crippen molar-refractivity contribution in [2.45, 2.75) is 32.6 Å². The second-order valence-corrected chi connectivity index (χ2v) is 8.14. The number of nitrogens with zero attached hydrogens (tertiary/aromatic N) is 3. The van der Waals surface area contributed by atoms with Gasteiger partial charge >= 0.3 is 6.01 Å². The highest BCUT2D eigenvalue weighted by Gasteiger charge is 2.35. The lowest BCUT2D eigenvalue weighted by atomic mass is 10.1. The van der Waals surface area contributed by atoms with Crippen LogP contribution in [0.1, 0.15) is 37.6 Å². The normalized spacial score (nSPS) is 15.4. The van der Waals surface area contributed by atoms with Crippen LogP contribution in [0.5, 0.6) is 11.5 Å². The Hall–Kier alpha value is -3.59. The molecule has 3 aromatic rings. The number of aromatic nitrogens is 2. The molecule has 0 radical (unpaired) electrons. The molecule has 0 aliphatic carbocycles. The molecule has 1 aliphatic heterocycles. The summed E-state index contributed by atoms with van der Waals surface area (Å²) in [6, 6.07) is 12.4. The second kappa shape index (κ2) is 10.6. The summed E-state index contributed by atoms with van der Waals surface area (Å²) in [6.45, 7) is 5.19. The van der Waals surface area contributed by atoms with Crippen LogP contribution in [0, 0.1) is 0 Å². The third kappa shape index (κ3) is 5.48. The van der Waals surface area contributed by atoms with Crippen molar-refractivity contribution in [2.24, 2.45) is 0 Å². The van der Waals surface area contributed by atoms with Gasteiger partial charge < -0.3 is 18.8 Å². The zero-order valence-corrected chi connectivity index (χ0v) is 19.7. The highest BCUT2D eigenvalue weighted by atomic mass is 35.5. The van der Waals surface area contributed by atoms with Gasteiger partial charge in [-0.25, -0.2) is 0 Å². The minimum absolute atomic E-state index is 0.00615. The van der Waals surface area contributed by atoms with E-state index in [9.17, 15) is 9.59 Å². The Morgan fingerprint density at radius 3 is 2.59 bits per heavy atom. The first-order valence-electron chi connectivity index (χ1n) is 11.0. The van der Waals surface area contributed by atoms with Gasteiger partial charge in [0.1, 0.15) is 0 Å². The molecule has 1 saturated heterocycles. The summed E-state index contributed by atoms with van der Waals surface area (Å²) in [7, 11) is 0. The van der Waals surface area contributed by atoms with Crippen molar-refractivity contribution in [3.63, 3.8) is 0 Å². The van der Waals surface area contributed by atoms with E-state index >= 15 is 0 Å². The number of amides is 2. The lowest BCUT2D eigenvalue weighted by molar-refractivity contribution is -0.117. The summed E-state index contributed by atoms with van der Waals surface area (Å²) in [5.74, 6) is 0.907. The Morgan fingerprint density at radius 2 is 1.85 bits per heavy atom. The zero-order chi connectivity index (χ0) is 24.1. The molecule has 1 atom stereocenters. The van der Waals surface area contributed by atoms with Crippen LogP contribution in [0.15, 0.2) is 46.9 Å². The Labute approximate surface area is 202 Å². The van der Waals surface area contributed by atoms with Crippen molar-refractivity contribution in [2.75, 3.05) is 30.0 Å². The van der Waals surface area contributed by atoms with E-state index < -0.39 is 0 Å².